The highest BCUT2D eigenvalue weighted by Gasteiger charge is 2.19. The maximum atomic E-state index is 12.6. The Kier molecular flexibility index (Phi) is 6.33. The number of rotatable bonds is 6. The molecule has 0 spiro atoms. The Morgan fingerprint density at radius 1 is 1.19 bits per heavy atom. The Morgan fingerprint density at radius 2 is 1.92 bits per heavy atom. The molecule has 0 unspecified atom stereocenters. The fourth-order valence-electron chi connectivity index (χ4n) is 3.24. The number of hydrogen-bond acceptors (Lipinski definition) is 4. The summed E-state index contributed by atoms with van der Waals surface area (Å²) in [7, 11) is 0. The van der Waals surface area contributed by atoms with Crippen LogP contribution in [0.5, 0.6) is 0 Å². The van der Waals surface area contributed by atoms with Crippen LogP contribution < -0.4 is 10.6 Å². The molecule has 0 aliphatic heterocycles. The van der Waals surface area contributed by atoms with E-state index in [1.165, 1.54) is 18.2 Å². The standard InChI is InChI=1S/C19H24N4O2S/c1-26-19-21-12-16(23(19)15-10-6-3-7-11-15)18(25)20-13-17(24)22-14-8-4-2-5-9-14/h3,6-7,10-12,14H,2,4-5,8-9,13H2,1H3,(H,20,25)(H,22,24). The van der Waals surface area contributed by atoms with E-state index >= 15 is 0 Å². The molecule has 1 fully saturated rings. The maximum absolute atomic E-state index is 12.6. The fraction of sp³-hybridized carbons (Fsp3) is 0.421. The molecule has 26 heavy (non-hydrogen) atoms. The van der Waals surface area contributed by atoms with Crippen molar-refractivity contribution in [2.75, 3.05) is 12.8 Å². The van der Waals surface area contributed by atoms with Crippen LogP contribution in [0.4, 0.5) is 0 Å². The predicted octanol–water partition coefficient (Wildman–Crippen LogP) is 2.77. The minimum Gasteiger partial charge on any atom is -0.352 e. The second-order valence-electron chi connectivity index (χ2n) is 6.39. The number of nitrogens with one attached hydrogen (secondary N) is 2. The Hall–Kier alpha value is -2.28. The summed E-state index contributed by atoms with van der Waals surface area (Å²) in [5.41, 5.74) is 1.29. The molecule has 0 radical (unpaired) electrons. The number of hydrogen-bond donors (Lipinski definition) is 2. The van der Waals surface area contributed by atoms with E-state index in [0.717, 1.165) is 36.5 Å². The first kappa shape index (κ1) is 18.5. The monoisotopic (exact) mass is 372 g/mol. The molecule has 0 bridgehead atoms. The third kappa shape index (κ3) is 4.46. The molecule has 1 aliphatic carbocycles. The van der Waals surface area contributed by atoms with Gasteiger partial charge in [-0.3, -0.25) is 14.2 Å². The number of imidazole rings is 1. The Balaban J connectivity index is 1.64. The van der Waals surface area contributed by atoms with Crippen molar-refractivity contribution >= 4 is 23.6 Å². The van der Waals surface area contributed by atoms with Gasteiger partial charge in [-0.1, -0.05) is 49.2 Å². The van der Waals surface area contributed by atoms with Crippen LogP contribution in [0.3, 0.4) is 0 Å². The van der Waals surface area contributed by atoms with Crippen LogP contribution >= 0.6 is 11.8 Å². The molecular formula is C19H24N4O2S. The summed E-state index contributed by atoms with van der Waals surface area (Å²) in [5, 5.41) is 6.45. The van der Waals surface area contributed by atoms with Crippen molar-refractivity contribution in [3.05, 3.63) is 42.2 Å². The van der Waals surface area contributed by atoms with Crippen molar-refractivity contribution in [3.8, 4) is 5.69 Å². The van der Waals surface area contributed by atoms with Crippen molar-refractivity contribution in [3.63, 3.8) is 0 Å². The zero-order valence-corrected chi connectivity index (χ0v) is 15.7. The molecule has 6 nitrogen and oxygen atoms in total. The summed E-state index contributed by atoms with van der Waals surface area (Å²) in [6.45, 7) is -0.0239. The van der Waals surface area contributed by atoms with Crippen molar-refractivity contribution in [1.29, 1.82) is 0 Å². The highest BCUT2D eigenvalue weighted by molar-refractivity contribution is 7.98. The maximum Gasteiger partial charge on any atom is 0.270 e. The van der Waals surface area contributed by atoms with Crippen LogP contribution in [0.25, 0.3) is 5.69 Å². The quantitative estimate of drug-likeness (QED) is 0.765. The van der Waals surface area contributed by atoms with Gasteiger partial charge in [-0.15, -0.1) is 0 Å². The molecule has 1 aromatic carbocycles. The molecule has 1 aromatic heterocycles. The lowest BCUT2D eigenvalue weighted by atomic mass is 9.95. The van der Waals surface area contributed by atoms with E-state index in [1.807, 2.05) is 36.6 Å². The SMILES string of the molecule is CSc1ncc(C(=O)NCC(=O)NC2CCCCC2)n1-c1ccccc1. The predicted molar refractivity (Wildman–Crippen MR) is 103 cm³/mol. The third-order valence-electron chi connectivity index (χ3n) is 4.54. The van der Waals surface area contributed by atoms with Crippen molar-refractivity contribution in [2.45, 2.75) is 43.3 Å². The van der Waals surface area contributed by atoms with E-state index in [1.54, 1.807) is 10.8 Å². The zero-order chi connectivity index (χ0) is 18.4. The van der Waals surface area contributed by atoms with Gasteiger partial charge in [-0.25, -0.2) is 4.98 Å². The van der Waals surface area contributed by atoms with Crippen molar-refractivity contribution in [1.82, 2.24) is 20.2 Å². The van der Waals surface area contributed by atoms with Crippen molar-refractivity contribution < 1.29 is 9.59 Å². The normalized spacial score (nSPS) is 14.8. The van der Waals surface area contributed by atoms with E-state index < -0.39 is 0 Å². The molecule has 2 N–H and O–H groups in total. The Bertz CT molecular complexity index is 754. The number of nitrogens with zero attached hydrogens (tertiary/aromatic N) is 2. The summed E-state index contributed by atoms with van der Waals surface area (Å²) in [6, 6.07) is 9.85. The topological polar surface area (TPSA) is 76.0 Å². The summed E-state index contributed by atoms with van der Waals surface area (Å²) >= 11 is 1.47. The molecule has 0 atom stereocenters. The summed E-state index contributed by atoms with van der Waals surface area (Å²) in [6.07, 6.45) is 9.07. The molecule has 1 saturated carbocycles. The number of carbonyl (C=O) groups excluding carboxylic acids is 2. The van der Waals surface area contributed by atoms with Gasteiger partial charge in [0.1, 0.15) is 5.69 Å². The number of benzene rings is 1. The first-order valence-corrected chi connectivity index (χ1v) is 10.2. The van der Waals surface area contributed by atoms with Gasteiger partial charge in [0.2, 0.25) is 5.91 Å². The first-order chi connectivity index (χ1) is 12.7. The van der Waals surface area contributed by atoms with Gasteiger partial charge in [0.05, 0.1) is 12.7 Å². The van der Waals surface area contributed by atoms with E-state index in [4.69, 9.17) is 0 Å². The van der Waals surface area contributed by atoms with E-state index in [0.29, 0.717) is 5.69 Å². The lowest BCUT2D eigenvalue weighted by Crippen LogP contribution is -2.42. The highest BCUT2D eigenvalue weighted by atomic mass is 32.2. The van der Waals surface area contributed by atoms with Crippen LogP contribution in [0.2, 0.25) is 0 Å². The second kappa shape index (κ2) is 8.89. The molecule has 2 aromatic rings. The van der Waals surface area contributed by atoms with Gasteiger partial charge in [-0.05, 0) is 31.2 Å². The van der Waals surface area contributed by atoms with Crippen LogP contribution in [-0.2, 0) is 4.79 Å². The average molecular weight is 372 g/mol. The lowest BCUT2D eigenvalue weighted by molar-refractivity contribution is -0.121. The summed E-state index contributed by atoms with van der Waals surface area (Å²) in [5.74, 6) is -0.443. The number of amides is 2. The van der Waals surface area contributed by atoms with Gasteiger partial charge < -0.3 is 10.6 Å². The van der Waals surface area contributed by atoms with E-state index in [-0.39, 0.29) is 24.4 Å². The van der Waals surface area contributed by atoms with Gasteiger partial charge in [0, 0.05) is 11.7 Å². The smallest absolute Gasteiger partial charge is 0.270 e. The van der Waals surface area contributed by atoms with Crippen LogP contribution in [-0.4, -0.2) is 40.2 Å². The molecule has 1 aliphatic rings. The minimum atomic E-state index is -0.305. The summed E-state index contributed by atoms with van der Waals surface area (Å²) < 4.78 is 1.80. The van der Waals surface area contributed by atoms with Gasteiger partial charge in [-0.2, -0.15) is 0 Å². The molecule has 0 saturated heterocycles. The molecule has 7 heteroatoms. The lowest BCUT2D eigenvalue weighted by Gasteiger charge is -2.22. The van der Waals surface area contributed by atoms with Crippen LogP contribution in [0.1, 0.15) is 42.6 Å². The van der Waals surface area contributed by atoms with E-state index in [2.05, 4.69) is 15.6 Å². The molecule has 3 rings (SSSR count). The second-order valence-corrected chi connectivity index (χ2v) is 7.16. The van der Waals surface area contributed by atoms with Crippen LogP contribution in [0, 0.1) is 0 Å². The number of aromatic nitrogens is 2. The van der Waals surface area contributed by atoms with E-state index in [9.17, 15) is 9.59 Å². The average Bonchev–Trinajstić information content (AvgIpc) is 3.12. The Morgan fingerprint density at radius 3 is 2.62 bits per heavy atom. The number of carbonyl (C=O) groups is 2. The number of para-hydroxylation sites is 1. The third-order valence-corrected chi connectivity index (χ3v) is 5.19. The molecule has 138 valence electrons. The summed E-state index contributed by atoms with van der Waals surface area (Å²) in [4.78, 5) is 29.0. The minimum absolute atomic E-state index is 0.0239. The number of thioether (sulfide) groups is 1. The fourth-order valence-corrected chi connectivity index (χ4v) is 3.79. The molecule has 2 amide bonds. The van der Waals surface area contributed by atoms with Gasteiger partial charge in [0.15, 0.2) is 5.16 Å². The Labute approximate surface area is 157 Å². The molecular weight excluding hydrogens is 348 g/mol. The largest absolute Gasteiger partial charge is 0.352 e. The first-order valence-electron chi connectivity index (χ1n) is 8.93. The highest BCUT2D eigenvalue weighted by Crippen LogP contribution is 2.21. The van der Waals surface area contributed by atoms with Gasteiger partial charge in [0.25, 0.3) is 5.91 Å². The van der Waals surface area contributed by atoms with Gasteiger partial charge >= 0.3 is 0 Å². The molecule has 1 heterocycles. The zero-order valence-electron chi connectivity index (χ0n) is 14.9. The van der Waals surface area contributed by atoms with Crippen molar-refractivity contribution in [2.24, 2.45) is 0 Å². The van der Waals surface area contributed by atoms with Crippen LogP contribution in [0.15, 0.2) is 41.7 Å².